The first-order valence-corrected chi connectivity index (χ1v) is 17.4. The summed E-state index contributed by atoms with van der Waals surface area (Å²) >= 11 is 1.85. The highest BCUT2D eigenvalue weighted by molar-refractivity contribution is 7.26. The summed E-state index contributed by atoms with van der Waals surface area (Å²) in [6.07, 6.45) is 0. The molecule has 0 aliphatic heterocycles. The normalized spacial score (nSPS) is 11.7. The maximum atomic E-state index is 6.40. The van der Waals surface area contributed by atoms with Gasteiger partial charge in [-0.2, -0.15) is 0 Å². The monoisotopic (exact) mass is 643 g/mol. The van der Waals surface area contributed by atoms with Gasteiger partial charge in [0, 0.05) is 42.3 Å². The lowest BCUT2D eigenvalue weighted by molar-refractivity contribution is 0.669. The van der Waals surface area contributed by atoms with E-state index in [4.69, 9.17) is 4.42 Å². The molecule has 0 amide bonds. The van der Waals surface area contributed by atoms with Crippen LogP contribution in [0.25, 0.3) is 75.1 Å². The van der Waals surface area contributed by atoms with Crippen molar-refractivity contribution in [2.45, 2.75) is 0 Å². The van der Waals surface area contributed by atoms with E-state index in [1.54, 1.807) is 0 Å². The van der Waals surface area contributed by atoms with Crippen LogP contribution in [0.3, 0.4) is 0 Å². The third kappa shape index (κ3) is 4.62. The fourth-order valence-electron chi connectivity index (χ4n) is 7.35. The number of nitrogens with zero attached hydrogens (tertiary/aromatic N) is 1. The summed E-state index contributed by atoms with van der Waals surface area (Å²) in [5.41, 5.74) is 9.95. The minimum Gasteiger partial charge on any atom is -0.456 e. The molecule has 0 aliphatic carbocycles. The number of rotatable bonds is 5. The van der Waals surface area contributed by atoms with E-state index in [0.29, 0.717) is 0 Å². The molecule has 0 spiro atoms. The lowest BCUT2D eigenvalue weighted by atomic mass is 9.97. The van der Waals surface area contributed by atoms with Gasteiger partial charge in [-0.1, -0.05) is 115 Å². The Bertz CT molecular complexity index is 2810. The molecule has 0 saturated carbocycles. The molecular formula is C46H29NOS. The third-order valence-corrected chi connectivity index (χ3v) is 10.8. The van der Waals surface area contributed by atoms with Crippen molar-refractivity contribution in [1.29, 1.82) is 0 Å². The molecule has 10 rings (SSSR count). The molecule has 0 saturated heterocycles. The number of thiophene rings is 1. The molecule has 0 radical (unpaired) electrons. The molecule has 0 fully saturated rings. The molecule has 0 N–H and O–H groups in total. The molecule has 2 heterocycles. The van der Waals surface area contributed by atoms with Crippen LogP contribution in [0.1, 0.15) is 0 Å². The van der Waals surface area contributed by atoms with Crippen molar-refractivity contribution in [1.82, 2.24) is 0 Å². The van der Waals surface area contributed by atoms with Gasteiger partial charge in [-0.15, -0.1) is 11.3 Å². The first-order chi connectivity index (χ1) is 24.3. The minimum atomic E-state index is 0.906. The van der Waals surface area contributed by atoms with Gasteiger partial charge in [0.05, 0.1) is 5.69 Å². The molecule has 2 aromatic heterocycles. The molecule has 49 heavy (non-hydrogen) atoms. The maximum absolute atomic E-state index is 6.40. The molecular weight excluding hydrogens is 615 g/mol. The molecule has 0 aliphatic rings. The van der Waals surface area contributed by atoms with E-state index in [9.17, 15) is 0 Å². The van der Waals surface area contributed by atoms with E-state index in [0.717, 1.165) is 38.9 Å². The van der Waals surface area contributed by atoms with Crippen molar-refractivity contribution in [3.8, 4) is 22.3 Å². The second kappa shape index (κ2) is 11.2. The first-order valence-electron chi connectivity index (χ1n) is 16.6. The number of hydrogen-bond acceptors (Lipinski definition) is 3. The van der Waals surface area contributed by atoms with Crippen molar-refractivity contribution in [2.75, 3.05) is 4.90 Å². The van der Waals surface area contributed by atoms with E-state index in [1.807, 2.05) is 11.3 Å². The predicted molar refractivity (Wildman–Crippen MR) is 210 cm³/mol. The van der Waals surface area contributed by atoms with E-state index >= 15 is 0 Å². The Kier molecular flexibility index (Phi) is 6.39. The molecule has 230 valence electrons. The van der Waals surface area contributed by atoms with Crippen LogP contribution in [0.4, 0.5) is 17.1 Å². The zero-order valence-corrected chi connectivity index (χ0v) is 27.3. The zero-order chi connectivity index (χ0) is 32.3. The number of fused-ring (bicyclic) bond motifs is 7. The lowest BCUT2D eigenvalue weighted by Gasteiger charge is -2.27. The van der Waals surface area contributed by atoms with Gasteiger partial charge in [0.1, 0.15) is 11.2 Å². The summed E-state index contributed by atoms with van der Waals surface area (Å²) in [5.74, 6) is 0. The quantitative estimate of drug-likeness (QED) is 0.186. The van der Waals surface area contributed by atoms with Gasteiger partial charge < -0.3 is 9.32 Å². The smallest absolute Gasteiger partial charge is 0.136 e. The second-order valence-electron chi connectivity index (χ2n) is 12.5. The second-order valence-corrected chi connectivity index (χ2v) is 13.6. The summed E-state index contributed by atoms with van der Waals surface area (Å²) in [7, 11) is 0. The Morgan fingerprint density at radius 1 is 0.408 bits per heavy atom. The predicted octanol–water partition coefficient (Wildman–Crippen LogP) is 13.9. The summed E-state index contributed by atoms with van der Waals surface area (Å²) in [5, 5.41) is 7.26. The number of benzene rings is 8. The van der Waals surface area contributed by atoms with Gasteiger partial charge in [0.15, 0.2) is 0 Å². The molecule has 2 nitrogen and oxygen atoms in total. The van der Waals surface area contributed by atoms with Crippen molar-refractivity contribution in [3.63, 3.8) is 0 Å². The molecule has 8 aromatic carbocycles. The van der Waals surface area contributed by atoms with Gasteiger partial charge in [-0.3, -0.25) is 0 Å². The number of hydrogen-bond donors (Lipinski definition) is 0. The Morgan fingerprint density at radius 2 is 1.04 bits per heavy atom. The van der Waals surface area contributed by atoms with Gasteiger partial charge in [0.25, 0.3) is 0 Å². The van der Waals surface area contributed by atoms with E-state index in [2.05, 4.69) is 181 Å². The minimum absolute atomic E-state index is 0.906. The van der Waals surface area contributed by atoms with Crippen LogP contribution in [-0.4, -0.2) is 0 Å². The molecule has 0 bridgehead atoms. The van der Waals surface area contributed by atoms with Crippen molar-refractivity contribution >= 4 is 81.3 Å². The summed E-state index contributed by atoms with van der Waals surface area (Å²) in [6, 6.07) is 63.2. The van der Waals surface area contributed by atoms with Crippen LogP contribution >= 0.6 is 11.3 Å². The fraction of sp³-hybridized carbons (Fsp3) is 0. The van der Waals surface area contributed by atoms with Gasteiger partial charge >= 0.3 is 0 Å². The van der Waals surface area contributed by atoms with Gasteiger partial charge in [0.2, 0.25) is 0 Å². The fourth-order valence-corrected chi connectivity index (χ4v) is 8.47. The average Bonchev–Trinajstić information content (AvgIpc) is 3.73. The average molecular weight is 644 g/mol. The Balaban J connectivity index is 1.13. The SMILES string of the molecule is c1ccc(-c2ccc(N(c3ccc(-c4cccc5oc6cc7ccccc7cc6c45)cc3)c3cccc4sc5ccccc5c34)cc2)cc1. The molecule has 0 atom stereocenters. The number of furan rings is 1. The van der Waals surface area contributed by atoms with Crippen LogP contribution in [0, 0.1) is 0 Å². The van der Waals surface area contributed by atoms with Crippen LogP contribution < -0.4 is 4.90 Å². The topological polar surface area (TPSA) is 16.4 Å². The first kappa shape index (κ1) is 27.9. The Hall–Kier alpha value is -6.16. The Labute approximate surface area is 287 Å². The zero-order valence-electron chi connectivity index (χ0n) is 26.5. The third-order valence-electron chi connectivity index (χ3n) is 9.65. The molecule has 3 heteroatoms. The molecule has 10 aromatic rings. The van der Waals surface area contributed by atoms with Crippen molar-refractivity contribution < 1.29 is 4.42 Å². The van der Waals surface area contributed by atoms with Crippen molar-refractivity contribution in [2.24, 2.45) is 0 Å². The number of anilines is 3. The Morgan fingerprint density at radius 3 is 1.84 bits per heavy atom. The summed E-state index contributed by atoms with van der Waals surface area (Å²) < 4.78 is 8.99. The van der Waals surface area contributed by atoms with E-state index in [1.165, 1.54) is 53.3 Å². The standard InChI is InChI=1S/C46H29NOS/c1-2-10-30(11-3-1)31-20-24-35(25-21-31)47(40-16-9-19-44-46(40)38-14-6-7-18-43(38)49-44)36-26-22-32(23-27-36)37-15-8-17-41-45(37)39-28-33-12-4-5-13-34(33)29-42(39)48-41/h1-29H. The van der Waals surface area contributed by atoms with Gasteiger partial charge in [-0.25, -0.2) is 0 Å². The van der Waals surface area contributed by atoms with Crippen molar-refractivity contribution in [3.05, 3.63) is 176 Å². The van der Waals surface area contributed by atoms with E-state index in [-0.39, 0.29) is 0 Å². The maximum Gasteiger partial charge on any atom is 0.136 e. The van der Waals surface area contributed by atoms with E-state index < -0.39 is 0 Å². The highest BCUT2D eigenvalue weighted by Crippen LogP contribution is 2.46. The van der Waals surface area contributed by atoms with Crippen LogP contribution in [0.5, 0.6) is 0 Å². The molecule has 0 unspecified atom stereocenters. The van der Waals surface area contributed by atoms with Crippen LogP contribution in [0.15, 0.2) is 180 Å². The highest BCUT2D eigenvalue weighted by atomic mass is 32.1. The van der Waals surface area contributed by atoms with Crippen LogP contribution in [-0.2, 0) is 0 Å². The summed E-state index contributed by atoms with van der Waals surface area (Å²) in [4.78, 5) is 2.40. The lowest BCUT2D eigenvalue weighted by Crippen LogP contribution is -2.10. The van der Waals surface area contributed by atoms with Crippen LogP contribution in [0.2, 0.25) is 0 Å². The summed E-state index contributed by atoms with van der Waals surface area (Å²) in [6.45, 7) is 0. The largest absolute Gasteiger partial charge is 0.456 e. The van der Waals surface area contributed by atoms with Gasteiger partial charge in [-0.05, 0) is 93.7 Å². The highest BCUT2D eigenvalue weighted by Gasteiger charge is 2.19.